The van der Waals surface area contributed by atoms with Gasteiger partial charge in [0.05, 0.1) is 12.6 Å². The van der Waals surface area contributed by atoms with Gasteiger partial charge in [0, 0.05) is 26.7 Å². The molecule has 0 aliphatic heterocycles. The smallest absolute Gasteiger partial charge is 0.236 e. The zero-order valence-corrected chi connectivity index (χ0v) is 9.95. The maximum atomic E-state index is 11.5. The molecule has 1 aliphatic rings. The predicted molar refractivity (Wildman–Crippen MR) is 59.7 cm³/mol. The fourth-order valence-corrected chi connectivity index (χ4v) is 1.88. The van der Waals surface area contributed by atoms with Gasteiger partial charge in [0.25, 0.3) is 0 Å². The van der Waals surface area contributed by atoms with Gasteiger partial charge >= 0.3 is 0 Å². The molecule has 1 amide bonds. The van der Waals surface area contributed by atoms with Gasteiger partial charge in [-0.2, -0.15) is 0 Å². The third-order valence-corrected chi connectivity index (χ3v) is 3.16. The number of hydrogen-bond acceptors (Lipinski definition) is 3. The van der Waals surface area contributed by atoms with Gasteiger partial charge in [0.2, 0.25) is 5.91 Å². The summed E-state index contributed by atoms with van der Waals surface area (Å²) in [5.41, 5.74) is 0. The van der Waals surface area contributed by atoms with Crippen molar-refractivity contribution in [3.63, 3.8) is 0 Å². The second-order valence-corrected chi connectivity index (χ2v) is 4.16. The SMILES string of the molecule is CCN(C)C(=O)CNC1CCC(OC)C1. The van der Waals surface area contributed by atoms with Crippen molar-refractivity contribution >= 4 is 5.91 Å². The molecule has 0 aromatic rings. The third-order valence-electron chi connectivity index (χ3n) is 3.16. The summed E-state index contributed by atoms with van der Waals surface area (Å²) < 4.78 is 5.28. The van der Waals surface area contributed by atoms with E-state index in [9.17, 15) is 4.79 Å². The van der Waals surface area contributed by atoms with Gasteiger partial charge in [-0.25, -0.2) is 0 Å². The van der Waals surface area contributed by atoms with Crippen molar-refractivity contribution in [2.45, 2.75) is 38.3 Å². The molecule has 1 saturated carbocycles. The average molecular weight is 214 g/mol. The Hall–Kier alpha value is -0.610. The Labute approximate surface area is 92.0 Å². The zero-order valence-electron chi connectivity index (χ0n) is 9.95. The van der Waals surface area contributed by atoms with Crippen LogP contribution < -0.4 is 5.32 Å². The number of hydrogen-bond donors (Lipinski definition) is 1. The summed E-state index contributed by atoms with van der Waals surface area (Å²) in [6.45, 7) is 3.20. The zero-order chi connectivity index (χ0) is 11.3. The topological polar surface area (TPSA) is 41.6 Å². The Morgan fingerprint density at radius 1 is 1.53 bits per heavy atom. The van der Waals surface area contributed by atoms with E-state index in [4.69, 9.17) is 4.74 Å². The number of methoxy groups -OCH3 is 1. The molecule has 1 N–H and O–H groups in total. The number of nitrogens with zero attached hydrogens (tertiary/aromatic N) is 1. The first-order valence-electron chi connectivity index (χ1n) is 5.67. The van der Waals surface area contributed by atoms with Crippen LogP contribution in [-0.4, -0.2) is 50.2 Å². The number of ether oxygens (including phenoxy) is 1. The number of carbonyl (C=O) groups is 1. The van der Waals surface area contributed by atoms with E-state index in [0.29, 0.717) is 18.7 Å². The number of carbonyl (C=O) groups excluding carboxylic acids is 1. The fraction of sp³-hybridized carbons (Fsp3) is 0.909. The molecule has 88 valence electrons. The fourth-order valence-electron chi connectivity index (χ4n) is 1.88. The Balaban J connectivity index is 2.18. The normalized spacial score (nSPS) is 25.5. The highest BCUT2D eigenvalue weighted by molar-refractivity contribution is 5.77. The molecule has 0 heterocycles. The van der Waals surface area contributed by atoms with Crippen molar-refractivity contribution in [1.82, 2.24) is 10.2 Å². The van der Waals surface area contributed by atoms with Gasteiger partial charge in [-0.1, -0.05) is 0 Å². The van der Waals surface area contributed by atoms with Crippen LogP contribution in [0, 0.1) is 0 Å². The monoisotopic (exact) mass is 214 g/mol. The number of likely N-dealkylation sites (N-methyl/N-ethyl adjacent to an activating group) is 1. The predicted octanol–water partition coefficient (Wildman–Crippen LogP) is 0.622. The maximum Gasteiger partial charge on any atom is 0.236 e. The van der Waals surface area contributed by atoms with Crippen molar-refractivity contribution < 1.29 is 9.53 Å². The molecule has 0 saturated heterocycles. The van der Waals surface area contributed by atoms with E-state index in [0.717, 1.165) is 25.8 Å². The van der Waals surface area contributed by atoms with E-state index in [1.807, 2.05) is 14.0 Å². The van der Waals surface area contributed by atoms with Crippen molar-refractivity contribution in [2.75, 3.05) is 27.2 Å². The minimum atomic E-state index is 0.165. The quantitative estimate of drug-likeness (QED) is 0.729. The maximum absolute atomic E-state index is 11.5. The first kappa shape index (κ1) is 12.5. The Bertz CT molecular complexity index is 209. The summed E-state index contributed by atoms with van der Waals surface area (Å²) in [5.74, 6) is 0.165. The summed E-state index contributed by atoms with van der Waals surface area (Å²) in [4.78, 5) is 13.2. The van der Waals surface area contributed by atoms with Crippen molar-refractivity contribution in [2.24, 2.45) is 0 Å². The summed E-state index contributed by atoms with van der Waals surface area (Å²) in [6.07, 6.45) is 3.62. The molecule has 0 spiro atoms. The van der Waals surface area contributed by atoms with Crippen molar-refractivity contribution in [1.29, 1.82) is 0 Å². The summed E-state index contributed by atoms with van der Waals surface area (Å²) in [5, 5.41) is 3.29. The lowest BCUT2D eigenvalue weighted by Crippen LogP contribution is -2.39. The molecule has 1 rings (SSSR count). The van der Waals surface area contributed by atoms with Crippen LogP contribution >= 0.6 is 0 Å². The second-order valence-electron chi connectivity index (χ2n) is 4.16. The molecule has 15 heavy (non-hydrogen) atoms. The highest BCUT2D eigenvalue weighted by atomic mass is 16.5. The van der Waals surface area contributed by atoms with Crippen LogP contribution in [0.5, 0.6) is 0 Å². The molecule has 2 atom stereocenters. The van der Waals surface area contributed by atoms with E-state index < -0.39 is 0 Å². The van der Waals surface area contributed by atoms with Crippen LogP contribution in [0.15, 0.2) is 0 Å². The molecule has 0 radical (unpaired) electrons. The number of nitrogens with one attached hydrogen (secondary N) is 1. The molecule has 4 nitrogen and oxygen atoms in total. The van der Waals surface area contributed by atoms with E-state index in [2.05, 4.69) is 5.32 Å². The molecule has 1 aliphatic carbocycles. The van der Waals surface area contributed by atoms with Crippen LogP contribution in [0.3, 0.4) is 0 Å². The molecule has 0 bridgehead atoms. The molecule has 0 aromatic heterocycles. The van der Waals surface area contributed by atoms with Crippen molar-refractivity contribution in [3.8, 4) is 0 Å². The van der Waals surface area contributed by atoms with Gasteiger partial charge in [0.1, 0.15) is 0 Å². The Kier molecular flexibility index (Phi) is 5.05. The van der Waals surface area contributed by atoms with Crippen molar-refractivity contribution in [3.05, 3.63) is 0 Å². The highest BCUT2D eigenvalue weighted by Crippen LogP contribution is 2.20. The van der Waals surface area contributed by atoms with E-state index >= 15 is 0 Å². The van der Waals surface area contributed by atoms with Gasteiger partial charge < -0.3 is 15.0 Å². The van der Waals surface area contributed by atoms with Gasteiger partial charge in [-0.15, -0.1) is 0 Å². The van der Waals surface area contributed by atoms with Crippen LogP contribution in [0.2, 0.25) is 0 Å². The highest BCUT2D eigenvalue weighted by Gasteiger charge is 2.24. The molecule has 2 unspecified atom stereocenters. The standard InChI is InChI=1S/C11H22N2O2/c1-4-13(2)11(14)8-12-9-5-6-10(7-9)15-3/h9-10,12H,4-8H2,1-3H3. The summed E-state index contributed by atoms with van der Waals surface area (Å²) in [7, 11) is 3.58. The van der Waals surface area contributed by atoms with E-state index in [1.165, 1.54) is 0 Å². The first-order valence-corrected chi connectivity index (χ1v) is 5.67. The Morgan fingerprint density at radius 3 is 2.80 bits per heavy atom. The number of rotatable bonds is 5. The molecular formula is C11H22N2O2. The lowest BCUT2D eigenvalue weighted by Gasteiger charge is -2.17. The van der Waals surface area contributed by atoms with Crippen LogP contribution in [0.1, 0.15) is 26.2 Å². The van der Waals surface area contributed by atoms with Crippen LogP contribution in [-0.2, 0) is 9.53 Å². The van der Waals surface area contributed by atoms with Gasteiger partial charge in [-0.3, -0.25) is 4.79 Å². The van der Waals surface area contributed by atoms with E-state index in [1.54, 1.807) is 12.0 Å². The third kappa shape index (κ3) is 3.80. The minimum Gasteiger partial charge on any atom is -0.381 e. The Morgan fingerprint density at radius 2 is 2.27 bits per heavy atom. The van der Waals surface area contributed by atoms with Crippen LogP contribution in [0.25, 0.3) is 0 Å². The lowest BCUT2D eigenvalue weighted by atomic mass is 10.2. The molecule has 1 fully saturated rings. The summed E-state index contributed by atoms with van der Waals surface area (Å²) in [6, 6.07) is 0.448. The summed E-state index contributed by atoms with van der Waals surface area (Å²) >= 11 is 0. The lowest BCUT2D eigenvalue weighted by molar-refractivity contribution is -0.128. The molecule has 0 aromatic carbocycles. The largest absolute Gasteiger partial charge is 0.381 e. The van der Waals surface area contributed by atoms with Gasteiger partial charge in [0.15, 0.2) is 0 Å². The second kappa shape index (κ2) is 6.08. The van der Waals surface area contributed by atoms with Crippen LogP contribution in [0.4, 0.5) is 0 Å². The average Bonchev–Trinajstić information content (AvgIpc) is 2.72. The molecular weight excluding hydrogens is 192 g/mol. The molecule has 4 heteroatoms. The van der Waals surface area contributed by atoms with E-state index in [-0.39, 0.29) is 5.91 Å². The minimum absolute atomic E-state index is 0.165. The van der Waals surface area contributed by atoms with Gasteiger partial charge in [-0.05, 0) is 26.2 Å². The first-order chi connectivity index (χ1) is 7.17. The number of amides is 1.